The van der Waals surface area contributed by atoms with Crippen LogP contribution in [-0.4, -0.2) is 5.91 Å². The number of benzene rings is 1. The first-order valence-electron chi connectivity index (χ1n) is 6.97. The number of anilines is 1. The number of amides is 1. The van der Waals surface area contributed by atoms with Crippen molar-refractivity contribution in [3.63, 3.8) is 0 Å². The van der Waals surface area contributed by atoms with Crippen LogP contribution in [0.3, 0.4) is 0 Å². The predicted octanol–water partition coefficient (Wildman–Crippen LogP) is 4.91. The number of rotatable bonds is 2. The van der Waals surface area contributed by atoms with E-state index in [0.29, 0.717) is 0 Å². The van der Waals surface area contributed by atoms with Gasteiger partial charge in [-0.15, -0.1) is 0 Å². The van der Waals surface area contributed by atoms with E-state index >= 15 is 0 Å². The molecule has 0 spiro atoms. The second kappa shape index (κ2) is 5.66. The van der Waals surface area contributed by atoms with Crippen molar-refractivity contribution >= 4 is 27.5 Å². The lowest BCUT2D eigenvalue weighted by Crippen LogP contribution is -2.37. The molecule has 1 amide bonds. The predicted molar refractivity (Wildman–Crippen MR) is 83.2 cm³/mol. The molecule has 0 radical (unpaired) electrons. The largest absolute Gasteiger partial charge is 0.325 e. The molecule has 0 aliphatic heterocycles. The lowest BCUT2D eigenvalue weighted by molar-refractivity contribution is -0.124. The first kappa shape index (κ1) is 14.6. The van der Waals surface area contributed by atoms with Crippen LogP contribution in [0.2, 0.25) is 0 Å². The van der Waals surface area contributed by atoms with Crippen LogP contribution in [0, 0.1) is 18.3 Å². The van der Waals surface area contributed by atoms with Crippen molar-refractivity contribution in [3.8, 4) is 0 Å². The third kappa shape index (κ3) is 3.38. The van der Waals surface area contributed by atoms with Crippen molar-refractivity contribution in [2.75, 3.05) is 5.32 Å². The smallest absolute Gasteiger partial charge is 0.228 e. The molecule has 0 bridgehead atoms. The lowest BCUT2D eigenvalue weighted by atomic mass is 9.68. The van der Waals surface area contributed by atoms with Crippen LogP contribution >= 0.6 is 15.9 Å². The maximum absolute atomic E-state index is 12.5. The molecular formula is C16H22BrNO. The van der Waals surface area contributed by atoms with E-state index < -0.39 is 0 Å². The van der Waals surface area contributed by atoms with Crippen LogP contribution in [0.15, 0.2) is 22.7 Å². The van der Waals surface area contributed by atoms with Gasteiger partial charge in [-0.05, 0) is 58.8 Å². The number of carbonyl (C=O) groups excluding carboxylic acids is 1. The molecule has 2 rings (SSSR count). The van der Waals surface area contributed by atoms with Crippen molar-refractivity contribution in [3.05, 3.63) is 28.2 Å². The van der Waals surface area contributed by atoms with Gasteiger partial charge in [-0.25, -0.2) is 0 Å². The highest BCUT2D eigenvalue weighted by Crippen LogP contribution is 2.41. The van der Waals surface area contributed by atoms with E-state index in [1.807, 2.05) is 25.1 Å². The molecule has 1 saturated carbocycles. The molecule has 1 atom stereocenters. The van der Waals surface area contributed by atoms with E-state index in [1.165, 1.54) is 12.0 Å². The van der Waals surface area contributed by atoms with E-state index in [2.05, 4.69) is 35.1 Å². The normalized spacial score (nSPS) is 22.0. The van der Waals surface area contributed by atoms with E-state index in [-0.39, 0.29) is 17.2 Å². The molecule has 1 aliphatic rings. The van der Waals surface area contributed by atoms with Gasteiger partial charge in [-0.2, -0.15) is 0 Å². The Morgan fingerprint density at radius 3 is 2.74 bits per heavy atom. The van der Waals surface area contributed by atoms with Crippen molar-refractivity contribution < 1.29 is 4.79 Å². The number of carbonyl (C=O) groups is 1. The molecule has 1 N–H and O–H groups in total. The Labute approximate surface area is 124 Å². The first-order chi connectivity index (χ1) is 8.90. The Bertz CT molecular complexity index is 482. The molecule has 2 nitrogen and oxygen atoms in total. The summed E-state index contributed by atoms with van der Waals surface area (Å²) in [5.41, 5.74) is 2.17. The summed E-state index contributed by atoms with van der Waals surface area (Å²) in [4.78, 5) is 12.5. The van der Waals surface area contributed by atoms with Gasteiger partial charge in [0.1, 0.15) is 0 Å². The second-order valence-electron chi connectivity index (χ2n) is 6.26. The quantitative estimate of drug-likeness (QED) is 0.822. The van der Waals surface area contributed by atoms with Gasteiger partial charge in [-0.1, -0.05) is 32.8 Å². The average Bonchev–Trinajstić information content (AvgIpc) is 2.32. The zero-order valence-corrected chi connectivity index (χ0v) is 13.5. The van der Waals surface area contributed by atoms with Gasteiger partial charge in [-0.3, -0.25) is 4.79 Å². The van der Waals surface area contributed by atoms with Crippen LogP contribution < -0.4 is 5.32 Å². The fourth-order valence-corrected chi connectivity index (χ4v) is 3.51. The summed E-state index contributed by atoms with van der Waals surface area (Å²) in [6, 6.07) is 6.02. The van der Waals surface area contributed by atoms with E-state index in [4.69, 9.17) is 0 Å². The van der Waals surface area contributed by atoms with Gasteiger partial charge >= 0.3 is 0 Å². The van der Waals surface area contributed by atoms with Crippen LogP contribution in [0.4, 0.5) is 5.69 Å². The summed E-state index contributed by atoms with van der Waals surface area (Å²) in [5, 5.41) is 3.08. The standard InChI is InChI=1S/C16H22BrNO/c1-11-7-8-14(13(17)10-11)18-15(19)12-6-4-5-9-16(12,2)3/h7-8,10,12H,4-6,9H2,1-3H3,(H,18,19). The van der Waals surface area contributed by atoms with Crippen LogP contribution in [0.1, 0.15) is 45.1 Å². The van der Waals surface area contributed by atoms with Crippen LogP contribution in [0.5, 0.6) is 0 Å². The zero-order valence-electron chi connectivity index (χ0n) is 11.9. The summed E-state index contributed by atoms with van der Waals surface area (Å²) in [5.74, 6) is 0.281. The molecule has 1 aromatic rings. The van der Waals surface area contributed by atoms with Gasteiger partial charge < -0.3 is 5.32 Å². The van der Waals surface area contributed by atoms with Crippen molar-refractivity contribution in [1.82, 2.24) is 0 Å². The highest BCUT2D eigenvalue weighted by atomic mass is 79.9. The molecule has 0 heterocycles. The summed E-state index contributed by atoms with van der Waals surface area (Å²) in [6.07, 6.45) is 4.55. The van der Waals surface area contributed by atoms with Crippen molar-refractivity contribution in [1.29, 1.82) is 0 Å². The Balaban J connectivity index is 2.12. The number of hydrogen-bond acceptors (Lipinski definition) is 1. The Morgan fingerprint density at radius 1 is 1.37 bits per heavy atom. The zero-order chi connectivity index (χ0) is 14.0. The highest BCUT2D eigenvalue weighted by molar-refractivity contribution is 9.10. The maximum atomic E-state index is 12.5. The minimum absolute atomic E-state index is 0.111. The monoisotopic (exact) mass is 323 g/mol. The summed E-state index contributed by atoms with van der Waals surface area (Å²) in [6.45, 7) is 6.46. The van der Waals surface area contributed by atoms with E-state index in [0.717, 1.165) is 29.4 Å². The molecule has 3 heteroatoms. The minimum Gasteiger partial charge on any atom is -0.325 e. The summed E-state index contributed by atoms with van der Waals surface area (Å²) >= 11 is 3.51. The third-order valence-electron chi connectivity index (χ3n) is 4.21. The Hall–Kier alpha value is -0.830. The first-order valence-corrected chi connectivity index (χ1v) is 7.76. The summed E-state index contributed by atoms with van der Waals surface area (Å²) in [7, 11) is 0. The molecular weight excluding hydrogens is 302 g/mol. The fourth-order valence-electron chi connectivity index (χ4n) is 2.92. The topological polar surface area (TPSA) is 29.1 Å². The van der Waals surface area contributed by atoms with Gasteiger partial charge in [0.15, 0.2) is 0 Å². The average molecular weight is 324 g/mol. The maximum Gasteiger partial charge on any atom is 0.228 e. The molecule has 0 aromatic heterocycles. The molecule has 0 saturated heterocycles. The van der Waals surface area contributed by atoms with Gasteiger partial charge in [0.25, 0.3) is 0 Å². The molecule has 19 heavy (non-hydrogen) atoms. The Kier molecular flexibility index (Phi) is 4.34. The SMILES string of the molecule is Cc1ccc(NC(=O)C2CCCCC2(C)C)c(Br)c1. The van der Waals surface area contributed by atoms with E-state index in [9.17, 15) is 4.79 Å². The number of hydrogen-bond donors (Lipinski definition) is 1. The molecule has 1 unspecified atom stereocenters. The summed E-state index contributed by atoms with van der Waals surface area (Å²) < 4.78 is 0.953. The number of nitrogens with one attached hydrogen (secondary N) is 1. The fraction of sp³-hybridized carbons (Fsp3) is 0.562. The van der Waals surface area contributed by atoms with Gasteiger partial charge in [0, 0.05) is 10.4 Å². The molecule has 1 aromatic carbocycles. The van der Waals surface area contributed by atoms with Crippen molar-refractivity contribution in [2.24, 2.45) is 11.3 Å². The molecule has 1 fully saturated rings. The lowest BCUT2D eigenvalue weighted by Gasteiger charge is -2.37. The molecule has 1 aliphatic carbocycles. The second-order valence-corrected chi connectivity index (χ2v) is 7.11. The molecule has 104 valence electrons. The van der Waals surface area contributed by atoms with Gasteiger partial charge in [0.05, 0.1) is 5.69 Å². The van der Waals surface area contributed by atoms with Gasteiger partial charge in [0.2, 0.25) is 5.91 Å². The third-order valence-corrected chi connectivity index (χ3v) is 4.86. The number of halogens is 1. The van der Waals surface area contributed by atoms with Crippen LogP contribution in [0.25, 0.3) is 0 Å². The Morgan fingerprint density at radius 2 is 2.11 bits per heavy atom. The van der Waals surface area contributed by atoms with E-state index in [1.54, 1.807) is 0 Å². The number of aryl methyl sites for hydroxylation is 1. The van der Waals surface area contributed by atoms with Crippen molar-refractivity contribution in [2.45, 2.75) is 46.5 Å². The van der Waals surface area contributed by atoms with Crippen LogP contribution in [-0.2, 0) is 4.79 Å². The highest BCUT2D eigenvalue weighted by Gasteiger charge is 2.37. The minimum atomic E-state index is 0.111.